The van der Waals surface area contributed by atoms with Gasteiger partial charge in [-0.3, -0.25) is 9.68 Å². The molecule has 0 aliphatic carbocycles. The third-order valence-electron chi connectivity index (χ3n) is 2.26. The molecule has 0 aliphatic rings. The van der Waals surface area contributed by atoms with Gasteiger partial charge >= 0.3 is 12.4 Å². The molecule has 9 heteroatoms. The molecule has 0 fully saturated rings. The molecule has 0 aromatic heterocycles. The van der Waals surface area contributed by atoms with Crippen LogP contribution in [0.25, 0.3) is 0 Å². The summed E-state index contributed by atoms with van der Waals surface area (Å²) in [5.41, 5.74) is 2.20. The van der Waals surface area contributed by atoms with E-state index in [1.165, 1.54) is 25.3 Å². The van der Waals surface area contributed by atoms with E-state index >= 15 is 0 Å². The number of alkyl halides is 3. The van der Waals surface area contributed by atoms with Crippen LogP contribution in [0.15, 0.2) is 24.3 Å². The quantitative estimate of drug-likeness (QED) is 0.821. The molecule has 0 aliphatic heterocycles. The number of hydrogen-bond donors (Lipinski definition) is 1. The molecule has 1 aromatic rings. The first-order valence-corrected chi connectivity index (χ1v) is 5.94. The predicted octanol–water partition coefficient (Wildman–Crippen LogP) is 2.61. The molecule has 118 valence electrons. The molecule has 1 N–H and O–H groups in total. The summed E-state index contributed by atoms with van der Waals surface area (Å²) >= 11 is 0. The smallest absolute Gasteiger partial charge is 0.405 e. The van der Waals surface area contributed by atoms with Gasteiger partial charge in [-0.15, -0.1) is 13.2 Å². The lowest BCUT2D eigenvalue weighted by atomic mass is 10.2. The van der Waals surface area contributed by atoms with Gasteiger partial charge in [0.05, 0.1) is 20.3 Å². The van der Waals surface area contributed by atoms with Crippen LogP contribution < -0.4 is 10.2 Å². The van der Waals surface area contributed by atoms with Gasteiger partial charge in [0.25, 0.3) is 0 Å². The summed E-state index contributed by atoms with van der Waals surface area (Å²) in [6, 6.07) is 4.70. The van der Waals surface area contributed by atoms with E-state index in [1.54, 1.807) is 6.92 Å². The molecule has 0 heterocycles. The number of hydrogen-bond acceptors (Lipinski definition) is 4. The normalized spacial score (nSPS) is 11.1. The number of nitrogens with one attached hydrogen (secondary N) is 1. The van der Waals surface area contributed by atoms with Crippen molar-refractivity contribution in [3.63, 3.8) is 0 Å². The number of nitrogens with zero attached hydrogens (tertiary/aromatic N) is 1. The van der Waals surface area contributed by atoms with Gasteiger partial charge in [-0.1, -0.05) is 18.2 Å². The lowest BCUT2D eigenvalue weighted by molar-refractivity contribution is -0.275. The Morgan fingerprint density at radius 3 is 2.57 bits per heavy atom. The Balaban J connectivity index is 2.82. The Bertz CT molecular complexity index is 468. The number of urea groups is 1. The Labute approximate surface area is 119 Å². The standard InChI is InChI=1S/C12H15F3N2O4/c1-3-20-16-11(18)17(19-2)8-9-6-4-5-7-10(9)21-12(13,14)15/h4-7H,3,8H2,1-2H3,(H,16,18). The number of hydroxylamine groups is 3. The second kappa shape index (κ2) is 7.70. The van der Waals surface area contributed by atoms with Crippen LogP contribution in [0.4, 0.5) is 18.0 Å². The van der Waals surface area contributed by atoms with Crippen LogP contribution in [-0.4, -0.2) is 31.2 Å². The second-order valence-corrected chi connectivity index (χ2v) is 3.71. The highest BCUT2D eigenvalue weighted by Crippen LogP contribution is 2.27. The van der Waals surface area contributed by atoms with Crippen molar-refractivity contribution in [2.45, 2.75) is 19.8 Å². The van der Waals surface area contributed by atoms with Crippen molar-refractivity contribution >= 4 is 6.03 Å². The third kappa shape index (κ3) is 5.88. The fourth-order valence-electron chi connectivity index (χ4n) is 1.42. The van der Waals surface area contributed by atoms with E-state index in [2.05, 4.69) is 10.2 Å². The Morgan fingerprint density at radius 2 is 2.00 bits per heavy atom. The summed E-state index contributed by atoms with van der Waals surface area (Å²) in [7, 11) is 1.21. The van der Waals surface area contributed by atoms with Crippen molar-refractivity contribution in [1.82, 2.24) is 10.5 Å². The maximum atomic E-state index is 12.3. The summed E-state index contributed by atoms with van der Waals surface area (Å²) in [6.07, 6.45) is -4.82. The first kappa shape index (κ1) is 17.1. The van der Waals surface area contributed by atoms with Gasteiger partial charge in [-0.05, 0) is 13.0 Å². The number of amides is 2. The molecular formula is C12H15F3N2O4. The highest BCUT2D eigenvalue weighted by Gasteiger charge is 2.32. The van der Waals surface area contributed by atoms with Gasteiger partial charge in [0.1, 0.15) is 5.75 Å². The minimum Gasteiger partial charge on any atom is -0.405 e. The monoisotopic (exact) mass is 308 g/mol. The minimum atomic E-state index is -4.82. The topological polar surface area (TPSA) is 60.0 Å². The van der Waals surface area contributed by atoms with Crippen molar-refractivity contribution < 1.29 is 32.4 Å². The average molecular weight is 308 g/mol. The molecule has 0 unspecified atom stereocenters. The zero-order valence-corrected chi connectivity index (χ0v) is 11.4. The highest BCUT2D eigenvalue weighted by molar-refractivity contribution is 5.71. The largest absolute Gasteiger partial charge is 0.573 e. The fourth-order valence-corrected chi connectivity index (χ4v) is 1.42. The van der Waals surface area contributed by atoms with Crippen LogP contribution in [0.3, 0.4) is 0 Å². The summed E-state index contributed by atoms with van der Waals surface area (Å²) in [5, 5.41) is 0.800. The first-order valence-electron chi connectivity index (χ1n) is 5.94. The van der Waals surface area contributed by atoms with Crippen LogP contribution in [0.2, 0.25) is 0 Å². The highest BCUT2D eigenvalue weighted by atomic mass is 19.4. The van der Waals surface area contributed by atoms with Crippen LogP contribution >= 0.6 is 0 Å². The molecule has 1 aromatic carbocycles. The molecule has 6 nitrogen and oxygen atoms in total. The van der Waals surface area contributed by atoms with Gasteiger partial charge < -0.3 is 4.74 Å². The molecule has 0 spiro atoms. The molecule has 0 radical (unpaired) electrons. The fraction of sp³-hybridized carbons (Fsp3) is 0.417. The summed E-state index contributed by atoms with van der Waals surface area (Å²) in [5.74, 6) is -0.406. The van der Waals surface area contributed by atoms with E-state index < -0.39 is 18.1 Å². The summed E-state index contributed by atoms with van der Waals surface area (Å²) in [6.45, 7) is 1.64. The Hall–Kier alpha value is -2.00. The van der Waals surface area contributed by atoms with Crippen LogP contribution in [0.5, 0.6) is 5.75 Å². The molecule has 0 atom stereocenters. The van der Waals surface area contributed by atoms with Gasteiger partial charge in [0.2, 0.25) is 0 Å². The number of para-hydroxylation sites is 1. The number of benzene rings is 1. The molecular weight excluding hydrogens is 293 g/mol. The van der Waals surface area contributed by atoms with E-state index in [1.807, 2.05) is 0 Å². The zero-order valence-electron chi connectivity index (χ0n) is 11.4. The van der Waals surface area contributed by atoms with E-state index in [0.717, 1.165) is 11.1 Å². The zero-order chi connectivity index (χ0) is 15.9. The van der Waals surface area contributed by atoms with Crippen molar-refractivity contribution in [3.05, 3.63) is 29.8 Å². The maximum Gasteiger partial charge on any atom is 0.573 e. The van der Waals surface area contributed by atoms with Gasteiger partial charge in [0, 0.05) is 5.56 Å². The minimum absolute atomic E-state index is 0.128. The molecule has 0 saturated heterocycles. The molecule has 1 rings (SSSR count). The van der Waals surface area contributed by atoms with Crippen molar-refractivity contribution in [3.8, 4) is 5.75 Å². The van der Waals surface area contributed by atoms with E-state index in [0.29, 0.717) is 0 Å². The van der Waals surface area contributed by atoms with Crippen molar-refractivity contribution in [2.75, 3.05) is 13.7 Å². The molecule has 0 saturated carbocycles. The number of ether oxygens (including phenoxy) is 1. The summed E-state index contributed by atoms with van der Waals surface area (Å²) < 4.78 is 40.8. The van der Waals surface area contributed by atoms with Gasteiger partial charge in [0.15, 0.2) is 0 Å². The van der Waals surface area contributed by atoms with E-state index in [-0.39, 0.29) is 18.7 Å². The Kier molecular flexibility index (Phi) is 6.25. The van der Waals surface area contributed by atoms with Crippen LogP contribution in [0, 0.1) is 0 Å². The molecule has 0 bridgehead atoms. The van der Waals surface area contributed by atoms with Crippen molar-refractivity contribution in [2.24, 2.45) is 0 Å². The maximum absolute atomic E-state index is 12.3. The van der Waals surface area contributed by atoms with E-state index in [9.17, 15) is 18.0 Å². The lowest BCUT2D eigenvalue weighted by Crippen LogP contribution is -2.39. The number of halogens is 3. The van der Waals surface area contributed by atoms with Gasteiger partial charge in [-0.25, -0.2) is 10.3 Å². The predicted molar refractivity (Wildman–Crippen MR) is 65.8 cm³/mol. The lowest BCUT2D eigenvalue weighted by Gasteiger charge is -2.21. The molecule has 2 amide bonds. The van der Waals surface area contributed by atoms with E-state index in [4.69, 9.17) is 9.68 Å². The summed E-state index contributed by atoms with van der Waals surface area (Å²) in [4.78, 5) is 21.1. The Morgan fingerprint density at radius 1 is 1.33 bits per heavy atom. The van der Waals surface area contributed by atoms with Crippen LogP contribution in [0.1, 0.15) is 12.5 Å². The molecule has 21 heavy (non-hydrogen) atoms. The second-order valence-electron chi connectivity index (χ2n) is 3.71. The third-order valence-corrected chi connectivity index (χ3v) is 2.26. The SMILES string of the molecule is CCONC(=O)N(Cc1ccccc1OC(F)(F)F)OC. The average Bonchev–Trinajstić information content (AvgIpc) is 2.42. The van der Waals surface area contributed by atoms with Crippen molar-refractivity contribution in [1.29, 1.82) is 0 Å². The first-order chi connectivity index (χ1) is 9.87. The van der Waals surface area contributed by atoms with Gasteiger partial charge in [-0.2, -0.15) is 5.06 Å². The van der Waals surface area contributed by atoms with Crippen LogP contribution in [-0.2, 0) is 16.2 Å². The number of rotatable bonds is 6. The number of carbonyl (C=O) groups is 1. The number of carbonyl (C=O) groups excluding carboxylic acids is 1.